The Morgan fingerprint density at radius 1 is 0.806 bits per heavy atom. The molecule has 7 nitrogen and oxygen atoms in total. The average molecular weight is 490 g/mol. The third kappa shape index (κ3) is 4.91. The van der Waals surface area contributed by atoms with Gasteiger partial charge in [0.1, 0.15) is 17.3 Å². The number of amides is 2. The van der Waals surface area contributed by atoms with Gasteiger partial charge in [0, 0.05) is 0 Å². The highest BCUT2D eigenvalue weighted by Gasteiger charge is 2.52. The van der Waals surface area contributed by atoms with E-state index in [0.717, 1.165) is 21.6 Å². The van der Waals surface area contributed by atoms with Crippen molar-refractivity contribution in [2.75, 3.05) is 6.61 Å². The Morgan fingerprint density at radius 2 is 1.22 bits per heavy atom. The van der Waals surface area contributed by atoms with Crippen LogP contribution in [0.4, 0.5) is 4.79 Å². The number of imide groups is 1. The zero-order valence-electron chi connectivity index (χ0n) is 20.6. The third-order valence-electron chi connectivity index (χ3n) is 6.14. The van der Waals surface area contributed by atoms with Gasteiger partial charge in [-0.25, -0.2) is 9.69 Å². The number of hydrogen-bond donors (Lipinski definition) is 2. The van der Waals surface area contributed by atoms with Gasteiger partial charge in [-0.3, -0.25) is 4.79 Å². The molecule has 0 aliphatic carbocycles. The van der Waals surface area contributed by atoms with Crippen molar-refractivity contribution >= 4 is 12.0 Å². The second-order valence-electron chi connectivity index (χ2n) is 9.78. The Hall–Kier alpha value is -3.52. The van der Waals surface area contributed by atoms with E-state index in [1.54, 1.807) is 20.8 Å². The number of rotatable bonds is 6. The maximum Gasteiger partial charge on any atom is 0.417 e. The molecule has 2 N–H and O–H groups in total. The highest BCUT2D eigenvalue weighted by molar-refractivity contribution is 5.97. The molecule has 1 aliphatic heterocycles. The molecule has 1 saturated heterocycles. The van der Waals surface area contributed by atoms with Crippen LogP contribution in [0.2, 0.25) is 0 Å². The van der Waals surface area contributed by atoms with Gasteiger partial charge < -0.3 is 19.7 Å². The second kappa shape index (κ2) is 10.2. The van der Waals surface area contributed by atoms with E-state index >= 15 is 0 Å². The van der Waals surface area contributed by atoms with E-state index < -0.39 is 41.5 Å². The summed E-state index contributed by atoms with van der Waals surface area (Å²) < 4.78 is 12.1. The molecule has 3 aromatic rings. The number of hydrogen-bond acceptors (Lipinski definition) is 6. The third-order valence-corrected chi connectivity index (χ3v) is 6.14. The summed E-state index contributed by atoms with van der Waals surface area (Å²) in [7, 11) is 0. The van der Waals surface area contributed by atoms with Crippen molar-refractivity contribution in [3.05, 3.63) is 108 Å². The monoisotopic (exact) mass is 489 g/mol. The van der Waals surface area contributed by atoms with Gasteiger partial charge in [-0.1, -0.05) is 91.0 Å². The quantitative estimate of drug-likeness (QED) is 0.511. The molecular weight excluding hydrogens is 458 g/mol. The first-order valence-corrected chi connectivity index (χ1v) is 11.9. The number of carbonyl (C=O) groups is 2. The second-order valence-corrected chi connectivity index (χ2v) is 9.78. The van der Waals surface area contributed by atoms with Crippen LogP contribution in [0.15, 0.2) is 91.0 Å². The van der Waals surface area contributed by atoms with Crippen LogP contribution < -0.4 is 0 Å². The molecule has 36 heavy (non-hydrogen) atoms. The first-order valence-electron chi connectivity index (χ1n) is 11.9. The van der Waals surface area contributed by atoms with Crippen molar-refractivity contribution < 1.29 is 29.3 Å². The first kappa shape index (κ1) is 25.6. The van der Waals surface area contributed by atoms with Gasteiger partial charge in [-0.05, 0) is 37.5 Å². The molecular formula is C29H31NO6. The van der Waals surface area contributed by atoms with E-state index in [0.29, 0.717) is 0 Å². The molecule has 3 atom stereocenters. The largest absolute Gasteiger partial charge is 0.443 e. The summed E-state index contributed by atoms with van der Waals surface area (Å²) in [5.74, 6) is -0.921. The maximum absolute atomic E-state index is 12.9. The Labute approximate surface area is 210 Å². The molecule has 1 heterocycles. The lowest BCUT2D eigenvalue weighted by atomic mass is 9.80. The fourth-order valence-corrected chi connectivity index (χ4v) is 4.50. The molecule has 0 saturated carbocycles. The van der Waals surface area contributed by atoms with Crippen molar-refractivity contribution in [2.45, 2.75) is 50.2 Å². The molecule has 0 radical (unpaired) electrons. The van der Waals surface area contributed by atoms with E-state index in [-0.39, 0.29) is 6.61 Å². The summed E-state index contributed by atoms with van der Waals surface area (Å²) in [6, 6.07) is 27.7. The fraction of sp³-hybridized carbons (Fsp3) is 0.310. The van der Waals surface area contributed by atoms with Crippen molar-refractivity contribution in [3.63, 3.8) is 0 Å². The molecule has 0 aromatic heterocycles. The van der Waals surface area contributed by atoms with E-state index in [1.165, 1.54) is 0 Å². The molecule has 1 aliphatic rings. The minimum Gasteiger partial charge on any atom is -0.443 e. The molecule has 3 aromatic carbocycles. The van der Waals surface area contributed by atoms with E-state index in [2.05, 4.69) is 0 Å². The summed E-state index contributed by atoms with van der Waals surface area (Å²) in [5, 5.41) is 21.1. The predicted octanol–water partition coefficient (Wildman–Crippen LogP) is 3.86. The highest BCUT2D eigenvalue weighted by Crippen LogP contribution is 2.41. The van der Waals surface area contributed by atoms with Gasteiger partial charge in [-0.2, -0.15) is 0 Å². The number of ether oxygens (including phenoxy) is 2. The summed E-state index contributed by atoms with van der Waals surface area (Å²) in [6.07, 6.45) is -4.24. The lowest BCUT2D eigenvalue weighted by Gasteiger charge is -2.38. The topological polar surface area (TPSA) is 96.3 Å². The van der Waals surface area contributed by atoms with Crippen molar-refractivity contribution in [3.8, 4) is 0 Å². The van der Waals surface area contributed by atoms with E-state index in [1.807, 2.05) is 91.0 Å². The van der Waals surface area contributed by atoms with Crippen molar-refractivity contribution in [1.29, 1.82) is 0 Å². The Kier molecular flexibility index (Phi) is 7.26. The van der Waals surface area contributed by atoms with Crippen LogP contribution in [0.5, 0.6) is 0 Å². The lowest BCUT2D eigenvalue weighted by Crippen LogP contribution is -2.48. The van der Waals surface area contributed by atoms with Crippen LogP contribution in [-0.2, 0) is 19.9 Å². The zero-order valence-corrected chi connectivity index (χ0v) is 20.6. The summed E-state index contributed by atoms with van der Waals surface area (Å²) >= 11 is 0. The van der Waals surface area contributed by atoms with E-state index in [4.69, 9.17) is 9.47 Å². The fourth-order valence-electron chi connectivity index (χ4n) is 4.50. The van der Waals surface area contributed by atoms with Crippen LogP contribution in [-0.4, -0.2) is 57.6 Å². The molecule has 7 heteroatoms. The Bertz CT molecular complexity index is 1080. The minimum atomic E-state index is -1.76. The van der Waals surface area contributed by atoms with Crippen molar-refractivity contribution in [1.82, 2.24) is 4.90 Å². The number of carbonyl (C=O) groups excluding carboxylic acids is 2. The predicted molar refractivity (Wildman–Crippen MR) is 134 cm³/mol. The Morgan fingerprint density at radius 3 is 1.61 bits per heavy atom. The number of aliphatic hydroxyl groups excluding tert-OH is 2. The zero-order chi connectivity index (χ0) is 25.9. The van der Waals surface area contributed by atoms with Crippen LogP contribution in [0.3, 0.4) is 0 Å². The molecule has 0 unspecified atom stereocenters. The molecule has 1 fully saturated rings. The average Bonchev–Trinajstić information content (AvgIpc) is 3.09. The minimum absolute atomic E-state index is 0.248. The number of nitrogens with zero attached hydrogens (tertiary/aromatic N) is 1. The smallest absolute Gasteiger partial charge is 0.417 e. The SMILES string of the molecule is CC(C)(C)OC(=O)N1C(=O)[C@H](O)[C@H](O)[C@H]1COC(c1ccccc1)(c1ccccc1)c1ccccc1. The number of likely N-dealkylation sites (tertiary alicyclic amines) is 1. The van der Waals surface area contributed by atoms with Gasteiger partial charge in [0.25, 0.3) is 5.91 Å². The maximum atomic E-state index is 12.9. The first-order chi connectivity index (χ1) is 17.1. The summed E-state index contributed by atoms with van der Waals surface area (Å²) in [5.41, 5.74) is 0.477. The van der Waals surface area contributed by atoms with Gasteiger partial charge in [0.2, 0.25) is 0 Å². The number of aliphatic hydroxyl groups is 2. The van der Waals surface area contributed by atoms with Crippen LogP contribution >= 0.6 is 0 Å². The van der Waals surface area contributed by atoms with Crippen LogP contribution in [0.25, 0.3) is 0 Å². The van der Waals surface area contributed by atoms with Gasteiger partial charge in [0.05, 0.1) is 12.6 Å². The van der Waals surface area contributed by atoms with Gasteiger partial charge >= 0.3 is 6.09 Å². The van der Waals surface area contributed by atoms with Crippen LogP contribution in [0, 0.1) is 0 Å². The molecule has 2 amide bonds. The molecule has 0 bridgehead atoms. The molecule has 4 rings (SSSR count). The Balaban J connectivity index is 1.79. The van der Waals surface area contributed by atoms with E-state index in [9.17, 15) is 19.8 Å². The van der Waals surface area contributed by atoms with Crippen LogP contribution in [0.1, 0.15) is 37.5 Å². The molecule has 188 valence electrons. The normalized spacial score (nSPS) is 20.4. The highest BCUT2D eigenvalue weighted by atomic mass is 16.6. The standard InChI is InChI=1S/C29H31NO6/c1-28(2,3)36-27(34)30-23(24(31)25(32)26(30)33)19-35-29(20-13-7-4-8-14-20,21-15-9-5-10-16-21)22-17-11-6-12-18-22/h4-18,23-25,31-32H,19H2,1-3H3/t23-,24-,25-/m1/s1. The lowest BCUT2D eigenvalue weighted by molar-refractivity contribution is -0.135. The number of benzene rings is 3. The summed E-state index contributed by atoms with van der Waals surface area (Å²) in [4.78, 5) is 26.4. The summed E-state index contributed by atoms with van der Waals surface area (Å²) in [6.45, 7) is 4.78. The van der Waals surface area contributed by atoms with Gasteiger partial charge in [-0.15, -0.1) is 0 Å². The molecule has 0 spiro atoms. The van der Waals surface area contributed by atoms with Crippen molar-refractivity contribution in [2.24, 2.45) is 0 Å². The van der Waals surface area contributed by atoms with Gasteiger partial charge in [0.15, 0.2) is 6.10 Å².